The molecule has 122 valence electrons. The lowest BCUT2D eigenvalue weighted by molar-refractivity contribution is -0.115. The van der Waals surface area contributed by atoms with Crippen LogP contribution in [0.5, 0.6) is 0 Å². The zero-order valence-electron chi connectivity index (χ0n) is 13.0. The smallest absolute Gasteiger partial charge is 0.238 e. The second-order valence-corrected chi connectivity index (χ2v) is 7.36. The molecular formula is C17H20N2O3S. The molecule has 0 bridgehead atoms. The summed E-state index contributed by atoms with van der Waals surface area (Å²) in [5, 5.41) is 5.48. The van der Waals surface area contributed by atoms with Gasteiger partial charge in [-0.3, -0.25) is 4.79 Å². The third-order valence-corrected chi connectivity index (χ3v) is 4.71. The molecule has 0 heterocycles. The lowest BCUT2D eigenvalue weighted by atomic mass is 10.2. The van der Waals surface area contributed by atoms with E-state index in [0.29, 0.717) is 11.3 Å². The van der Waals surface area contributed by atoms with Crippen LogP contribution in [0.3, 0.4) is 0 Å². The summed E-state index contributed by atoms with van der Waals surface area (Å²) in [6.07, 6.45) is 0. The molecule has 5 nitrogen and oxygen atoms in total. The molecular weight excluding hydrogens is 312 g/mol. The van der Waals surface area contributed by atoms with Crippen LogP contribution < -0.4 is 10.6 Å². The first-order valence-electron chi connectivity index (χ1n) is 7.26. The Labute approximate surface area is 136 Å². The fraction of sp³-hybridized carbons (Fsp3) is 0.235. The van der Waals surface area contributed by atoms with E-state index in [9.17, 15) is 13.2 Å². The zero-order chi connectivity index (χ0) is 16.7. The van der Waals surface area contributed by atoms with E-state index in [0.717, 1.165) is 5.56 Å². The lowest BCUT2D eigenvalue weighted by Crippen LogP contribution is -2.25. The van der Waals surface area contributed by atoms with Crippen molar-refractivity contribution in [2.75, 3.05) is 18.9 Å². The number of rotatable bonds is 7. The van der Waals surface area contributed by atoms with E-state index >= 15 is 0 Å². The summed E-state index contributed by atoms with van der Waals surface area (Å²) < 4.78 is 24.6. The van der Waals surface area contributed by atoms with Crippen LogP contribution in [-0.4, -0.2) is 27.9 Å². The van der Waals surface area contributed by atoms with Crippen LogP contribution in [0.4, 0.5) is 5.69 Å². The van der Waals surface area contributed by atoms with Crippen molar-refractivity contribution in [2.24, 2.45) is 0 Å². The molecule has 23 heavy (non-hydrogen) atoms. The summed E-state index contributed by atoms with van der Waals surface area (Å²) in [5.74, 6) is -0.223. The van der Waals surface area contributed by atoms with E-state index in [4.69, 9.17) is 0 Å². The number of nitrogens with one attached hydrogen (secondary N) is 2. The molecule has 6 heteroatoms. The molecule has 2 aromatic rings. The Hall–Kier alpha value is -2.18. The molecule has 0 aliphatic heterocycles. The summed E-state index contributed by atoms with van der Waals surface area (Å²) in [5.41, 5.74) is 2.02. The van der Waals surface area contributed by atoms with Gasteiger partial charge in [-0.2, -0.15) is 0 Å². The minimum absolute atomic E-state index is 0.00415. The fourth-order valence-electron chi connectivity index (χ4n) is 2.24. The minimum Gasteiger partial charge on any atom is -0.325 e. The summed E-state index contributed by atoms with van der Waals surface area (Å²) in [4.78, 5) is 11.6. The summed E-state index contributed by atoms with van der Waals surface area (Å²) in [6, 6.07) is 16.0. The molecule has 0 atom stereocenters. The summed E-state index contributed by atoms with van der Waals surface area (Å²) in [7, 11) is -1.58. The minimum atomic E-state index is -3.27. The van der Waals surface area contributed by atoms with Crippen molar-refractivity contribution in [1.29, 1.82) is 0 Å². The van der Waals surface area contributed by atoms with Crippen LogP contribution in [-0.2, 0) is 26.1 Å². The van der Waals surface area contributed by atoms with Gasteiger partial charge in [0.25, 0.3) is 0 Å². The molecule has 0 spiro atoms. The van der Waals surface area contributed by atoms with Gasteiger partial charge in [0.15, 0.2) is 9.84 Å². The predicted molar refractivity (Wildman–Crippen MR) is 91.8 cm³/mol. The average molecular weight is 332 g/mol. The number of amides is 1. The number of carbonyl (C=O) groups is 1. The van der Waals surface area contributed by atoms with Crippen molar-refractivity contribution >= 4 is 21.4 Å². The molecule has 0 saturated carbocycles. The first-order valence-corrected chi connectivity index (χ1v) is 9.08. The van der Waals surface area contributed by atoms with Crippen LogP contribution in [0.1, 0.15) is 11.1 Å². The highest BCUT2D eigenvalue weighted by atomic mass is 32.2. The Balaban J connectivity index is 2.06. The predicted octanol–water partition coefficient (Wildman–Crippen LogP) is 1.96. The third-order valence-electron chi connectivity index (χ3n) is 3.16. The van der Waals surface area contributed by atoms with Gasteiger partial charge in [-0.25, -0.2) is 8.42 Å². The Kier molecular flexibility index (Phi) is 5.90. The van der Waals surface area contributed by atoms with Gasteiger partial charge in [-0.1, -0.05) is 42.5 Å². The van der Waals surface area contributed by atoms with Crippen LogP contribution in [0.15, 0.2) is 54.6 Å². The third kappa shape index (κ3) is 5.84. The molecule has 0 aliphatic carbocycles. The second-order valence-electron chi connectivity index (χ2n) is 5.30. The lowest BCUT2D eigenvalue weighted by Gasteiger charge is -2.08. The van der Waals surface area contributed by atoms with Crippen molar-refractivity contribution in [3.63, 3.8) is 0 Å². The molecule has 0 unspecified atom stereocenters. The van der Waals surface area contributed by atoms with Crippen LogP contribution >= 0.6 is 0 Å². The second kappa shape index (κ2) is 7.89. The van der Waals surface area contributed by atoms with E-state index in [1.807, 2.05) is 18.2 Å². The first-order chi connectivity index (χ1) is 11.0. The first kappa shape index (κ1) is 17.2. The molecule has 0 fully saturated rings. The van der Waals surface area contributed by atoms with Crippen molar-refractivity contribution in [1.82, 2.24) is 5.32 Å². The van der Waals surface area contributed by atoms with E-state index in [2.05, 4.69) is 10.6 Å². The van der Waals surface area contributed by atoms with Gasteiger partial charge in [0.05, 0.1) is 18.1 Å². The molecule has 2 aromatic carbocycles. The number of sulfone groups is 1. The molecule has 0 radical (unpaired) electrons. The highest BCUT2D eigenvalue weighted by molar-refractivity contribution is 7.89. The summed E-state index contributed by atoms with van der Waals surface area (Å²) in [6.45, 7) is 0.205. The number of benzene rings is 2. The topological polar surface area (TPSA) is 75.3 Å². The molecule has 0 aliphatic rings. The number of carbonyl (C=O) groups excluding carboxylic acids is 1. The Morgan fingerprint density at radius 3 is 2.30 bits per heavy atom. The zero-order valence-corrected chi connectivity index (χ0v) is 13.8. The van der Waals surface area contributed by atoms with Crippen LogP contribution in [0.25, 0.3) is 0 Å². The normalized spacial score (nSPS) is 11.2. The van der Waals surface area contributed by atoms with Gasteiger partial charge in [-0.05, 0) is 30.3 Å². The maximum absolute atomic E-state index is 12.3. The molecule has 1 amide bonds. The van der Waals surface area contributed by atoms with E-state index in [1.165, 1.54) is 0 Å². The largest absolute Gasteiger partial charge is 0.325 e. The quantitative estimate of drug-likeness (QED) is 0.813. The highest BCUT2D eigenvalue weighted by Crippen LogP contribution is 2.16. The van der Waals surface area contributed by atoms with E-state index in [1.54, 1.807) is 43.4 Å². The Bertz CT molecular complexity index is 758. The molecule has 2 rings (SSSR count). The van der Waals surface area contributed by atoms with Gasteiger partial charge in [-0.15, -0.1) is 0 Å². The standard InChI is InChI=1S/C17H20N2O3S/c1-18-11-17(20)19-16-9-5-8-15(10-16)13-23(21,22)12-14-6-3-2-4-7-14/h2-10,18H,11-13H2,1H3,(H,19,20). The number of likely N-dealkylation sites (N-methyl/N-ethyl adjacent to an activating group) is 1. The van der Waals surface area contributed by atoms with Crippen molar-refractivity contribution < 1.29 is 13.2 Å². The van der Waals surface area contributed by atoms with E-state index in [-0.39, 0.29) is 24.0 Å². The van der Waals surface area contributed by atoms with Gasteiger partial charge < -0.3 is 10.6 Å². The van der Waals surface area contributed by atoms with Crippen LogP contribution in [0, 0.1) is 0 Å². The monoisotopic (exact) mass is 332 g/mol. The Morgan fingerprint density at radius 1 is 0.957 bits per heavy atom. The maximum Gasteiger partial charge on any atom is 0.238 e. The molecule has 0 aromatic heterocycles. The maximum atomic E-state index is 12.3. The SMILES string of the molecule is CNCC(=O)Nc1cccc(CS(=O)(=O)Cc2ccccc2)c1. The number of hydrogen-bond acceptors (Lipinski definition) is 4. The highest BCUT2D eigenvalue weighted by Gasteiger charge is 2.13. The average Bonchev–Trinajstić information content (AvgIpc) is 2.47. The van der Waals surface area contributed by atoms with Gasteiger partial charge >= 0.3 is 0 Å². The number of hydrogen-bond donors (Lipinski definition) is 2. The molecule has 2 N–H and O–H groups in total. The van der Waals surface area contributed by atoms with Crippen LogP contribution in [0.2, 0.25) is 0 Å². The fourth-order valence-corrected chi connectivity index (χ4v) is 3.73. The molecule has 0 saturated heterocycles. The Morgan fingerprint density at radius 2 is 1.61 bits per heavy atom. The number of anilines is 1. The van der Waals surface area contributed by atoms with Gasteiger partial charge in [0.1, 0.15) is 0 Å². The van der Waals surface area contributed by atoms with Crippen molar-refractivity contribution in [3.8, 4) is 0 Å². The van der Waals surface area contributed by atoms with Crippen molar-refractivity contribution in [3.05, 3.63) is 65.7 Å². The van der Waals surface area contributed by atoms with Crippen molar-refractivity contribution in [2.45, 2.75) is 11.5 Å². The van der Waals surface area contributed by atoms with Gasteiger partial charge in [0.2, 0.25) is 5.91 Å². The summed E-state index contributed by atoms with van der Waals surface area (Å²) >= 11 is 0. The van der Waals surface area contributed by atoms with E-state index < -0.39 is 9.84 Å². The van der Waals surface area contributed by atoms with Gasteiger partial charge in [0, 0.05) is 5.69 Å².